The van der Waals surface area contributed by atoms with E-state index in [0.29, 0.717) is 5.69 Å². The number of rotatable bonds is 1. The Morgan fingerprint density at radius 1 is 1.75 bits per heavy atom. The Bertz CT molecular complexity index is 374. The molecule has 6 heteroatoms. The number of nitrogens with zero attached hydrogens (tertiary/aromatic N) is 4. The molecule has 0 radical (unpaired) electrons. The summed E-state index contributed by atoms with van der Waals surface area (Å²) in [5.41, 5.74) is 0.411. The number of nitriles is 1. The maximum Gasteiger partial charge on any atom is 0.362 e. The average molecular weight is 166 g/mol. The molecular formula is C6H6N4O2. The Kier molecular flexibility index (Phi) is 1.79. The van der Waals surface area contributed by atoms with Crippen molar-refractivity contribution in [1.29, 1.82) is 5.26 Å². The van der Waals surface area contributed by atoms with Gasteiger partial charge in [0.1, 0.15) is 18.8 Å². The molecule has 62 valence electrons. The Balaban J connectivity index is 3.45. The molecule has 0 saturated heterocycles. The highest BCUT2D eigenvalue weighted by molar-refractivity contribution is 5.46. The van der Waals surface area contributed by atoms with Gasteiger partial charge in [0.05, 0.1) is 0 Å². The van der Waals surface area contributed by atoms with Gasteiger partial charge in [-0.05, 0) is 11.8 Å². The first-order valence-electron chi connectivity index (χ1n) is 3.16. The van der Waals surface area contributed by atoms with E-state index in [1.54, 1.807) is 13.0 Å². The molecule has 12 heavy (non-hydrogen) atoms. The normalized spacial score (nSPS) is 9.42. The molecule has 1 aromatic heterocycles. The number of hydrogen-bond donors (Lipinski definition) is 0. The molecule has 0 aliphatic carbocycles. The topological polar surface area (TPSA) is 84.8 Å². The Morgan fingerprint density at radius 2 is 2.33 bits per heavy atom. The first kappa shape index (κ1) is 8.20. The highest BCUT2D eigenvalue weighted by Crippen LogP contribution is 2.18. The van der Waals surface area contributed by atoms with E-state index in [2.05, 4.69) is 5.10 Å². The number of aryl methyl sites for hydroxylation is 2. The van der Waals surface area contributed by atoms with E-state index in [-0.39, 0.29) is 11.4 Å². The molecule has 1 aromatic rings. The Morgan fingerprint density at radius 3 is 2.67 bits per heavy atom. The summed E-state index contributed by atoms with van der Waals surface area (Å²) in [5.74, 6) is -0.255. The monoisotopic (exact) mass is 166 g/mol. The summed E-state index contributed by atoms with van der Waals surface area (Å²) in [4.78, 5) is 9.80. The maximum absolute atomic E-state index is 10.4. The van der Waals surface area contributed by atoms with E-state index < -0.39 is 4.92 Å². The molecular weight excluding hydrogens is 160 g/mol. The van der Waals surface area contributed by atoms with Crippen LogP contribution < -0.4 is 0 Å². The molecule has 0 unspecified atom stereocenters. The lowest BCUT2D eigenvalue weighted by Gasteiger charge is -1.91. The summed E-state index contributed by atoms with van der Waals surface area (Å²) in [6.07, 6.45) is 0. The van der Waals surface area contributed by atoms with Crippen LogP contribution >= 0.6 is 0 Å². The first-order valence-corrected chi connectivity index (χ1v) is 3.16. The van der Waals surface area contributed by atoms with Crippen molar-refractivity contribution in [2.45, 2.75) is 6.92 Å². The van der Waals surface area contributed by atoms with Crippen LogP contribution in [-0.4, -0.2) is 14.7 Å². The van der Waals surface area contributed by atoms with Crippen molar-refractivity contribution >= 4 is 5.82 Å². The predicted octanol–water partition coefficient (Wildman–Crippen LogP) is 0.508. The van der Waals surface area contributed by atoms with Gasteiger partial charge in [-0.15, -0.1) is 4.68 Å². The predicted molar refractivity (Wildman–Crippen MR) is 39.3 cm³/mol. The van der Waals surface area contributed by atoms with E-state index in [9.17, 15) is 10.1 Å². The highest BCUT2D eigenvalue weighted by Gasteiger charge is 2.22. The molecule has 0 bridgehead atoms. The third-order valence-corrected chi connectivity index (χ3v) is 1.48. The van der Waals surface area contributed by atoms with Crippen LogP contribution in [0.5, 0.6) is 0 Å². The molecule has 6 nitrogen and oxygen atoms in total. The molecule has 0 atom stereocenters. The number of aromatic nitrogens is 2. The van der Waals surface area contributed by atoms with Crippen molar-refractivity contribution < 1.29 is 4.92 Å². The van der Waals surface area contributed by atoms with Gasteiger partial charge < -0.3 is 10.1 Å². The molecule has 0 aromatic carbocycles. The summed E-state index contributed by atoms with van der Waals surface area (Å²) in [6.45, 7) is 1.56. The summed E-state index contributed by atoms with van der Waals surface area (Å²) in [5, 5.41) is 22.7. The van der Waals surface area contributed by atoms with E-state index >= 15 is 0 Å². The van der Waals surface area contributed by atoms with Crippen molar-refractivity contribution in [2.75, 3.05) is 0 Å². The van der Waals surface area contributed by atoms with Gasteiger partial charge in [0.25, 0.3) is 0 Å². The first-order chi connectivity index (χ1) is 5.57. The number of nitro groups is 1. The number of hydrogen-bond acceptors (Lipinski definition) is 4. The maximum atomic E-state index is 10.4. The molecule has 0 aliphatic heterocycles. The largest absolute Gasteiger partial charge is 0.362 e. The van der Waals surface area contributed by atoms with Gasteiger partial charge in [0.15, 0.2) is 5.56 Å². The SMILES string of the molecule is Cc1nn(C)c([N+](=O)[O-])c1C#N. The smallest absolute Gasteiger partial charge is 0.358 e. The zero-order valence-electron chi connectivity index (χ0n) is 6.61. The van der Waals surface area contributed by atoms with Crippen LogP contribution in [0.25, 0.3) is 0 Å². The summed E-state index contributed by atoms with van der Waals surface area (Å²) in [6, 6.07) is 1.74. The fourth-order valence-corrected chi connectivity index (χ4v) is 0.986. The van der Waals surface area contributed by atoms with E-state index in [0.717, 1.165) is 4.68 Å². The third kappa shape index (κ3) is 1.01. The molecule has 0 saturated carbocycles. The van der Waals surface area contributed by atoms with Crippen molar-refractivity contribution in [3.05, 3.63) is 21.4 Å². The van der Waals surface area contributed by atoms with Gasteiger partial charge in [-0.25, -0.2) is 0 Å². The Labute approximate surface area is 68.2 Å². The van der Waals surface area contributed by atoms with Crippen LogP contribution in [0.4, 0.5) is 5.82 Å². The van der Waals surface area contributed by atoms with Crippen LogP contribution in [-0.2, 0) is 7.05 Å². The van der Waals surface area contributed by atoms with E-state index in [1.165, 1.54) is 7.05 Å². The minimum Gasteiger partial charge on any atom is -0.358 e. The lowest BCUT2D eigenvalue weighted by molar-refractivity contribution is -0.392. The highest BCUT2D eigenvalue weighted by atomic mass is 16.6. The molecule has 0 spiro atoms. The summed E-state index contributed by atoms with van der Waals surface area (Å²) >= 11 is 0. The molecule has 0 amide bonds. The minimum absolute atomic E-state index is 0.0301. The van der Waals surface area contributed by atoms with E-state index in [4.69, 9.17) is 5.26 Å². The fourth-order valence-electron chi connectivity index (χ4n) is 0.986. The van der Waals surface area contributed by atoms with Crippen LogP contribution in [0.3, 0.4) is 0 Å². The van der Waals surface area contributed by atoms with Gasteiger partial charge in [-0.2, -0.15) is 5.26 Å². The molecule has 0 fully saturated rings. The quantitative estimate of drug-likeness (QED) is 0.449. The average Bonchev–Trinajstić information content (AvgIpc) is 2.24. The van der Waals surface area contributed by atoms with Gasteiger partial charge in [0.2, 0.25) is 0 Å². The summed E-state index contributed by atoms with van der Waals surface area (Å²) in [7, 11) is 1.44. The van der Waals surface area contributed by atoms with Gasteiger partial charge >= 0.3 is 5.82 Å². The lowest BCUT2D eigenvalue weighted by atomic mass is 10.3. The second-order valence-corrected chi connectivity index (χ2v) is 2.28. The minimum atomic E-state index is -0.613. The van der Waals surface area contributed by atoms with Crippen LogP contribution in [0.1, 0.15) is 11.3 Å². The standard InChI is InChI=1S/C6H6N4O2/c1-4-5(3-7)6(10(11)12)9(2)8-4/h1-2H3. The van der Waals surface area contributed by atoms with Gasteiger partial charge in [-0.3, -0.25) is 0 Å². The second kappa shape index (κ2) is 2.62. The van der Waals surface area contributed by atoms with Crippen molar-refractivity contribution in [3.8, 4) is 6.07 Å². The molecule has 0 aliphatic rings. The summed E-state index contributed by atoms with van der Waals surface area (Å²) < 4.78 is 1.09. The van der Waals surface area contributed by atoms with Crippen LogP contribution in [0, 0.1) is 28.4 Å². The van der Waals surface area contributed by atoms with Gasteiger partial charge in [0, 0.05) is 0 Å². The van der Waals surface area contributed by atoms with Gasteiger partial charge in [-0.1, -0.05) is 5.10 Å². The lowest BCUT2D eigenvalue weighted by Crippen LogP contribution is -1.99. The zero-order valence-corrected chi connectivity index (χ0v) is 6.61. The second-order valence-electron chi connectivity index (χ2n) is 2.28. The van der Waals surface area contributed by atoms with Crippen molar-refractivity contribution in [1.82, 2.24) is 9.78 Å². The molecule has 1 rings (SSSR count). The van der Waals surface area contributed by atoms with Crippen LogP contribution in [0.2, 0.25) is 0 Å². The van der Waals surface area contributed by atoms with Crippen molar-refractivity contribution in [3.63, 3.8) is 0 Å². The Hall–Kier alpha value is -1.90. The van der Waals surface area contributed by atoms with Crippen molar-refractivity contribution in [2.24, 2.45) is 7.05 Å². The molecule has 1 heterocycles. The van der Waals surface area contributed by atoms with Crippen LogP contribution in [0.15, 0.2) is 0 Å². The third-order valence-electron chi connectivity index (χ3n) is 1.48. The molecule has 0 N–H and O–H groups in total. The van der Waals surface area contributed by atoms with E-state index in [1.807, 2.05) is 0 Å². The fraction of sp³-hybridized carbons (Fsp3) is 0.333. The zero-order chi connectivity index (χ0) is 9.30.